The van der Waals surface area contributed by atoms with Crippen LogP contribution in [0.3, 0.4) is 0 Å². The van der Waals surface area contributed by atoms with E-state index < -0.39 is 0 Å². The zero-order valence-electron chi connectivity index (χ0n) is 14.1. The molecule has 0 radical (unpaired) electrons. The first-order chi connectivity index (χ1) is 12.2. The van der Waals surface area contributed by atoms with Gasteiger partial charge in [0.25, 0.3) is 5.91 Å². The SMILES string of the molecule is Cc1nn(Cc2ccccc2)c2ncc(NC(=O)[C@@H]3CCCO3)cc12. The number of hydrogen-bond acceptors (Lipinski definition) is 4. The highest BCUT2D eigenvalue weighted by Crippen LogP contribution is 2.22. The van der Waals surface area contributed by atoms with Crippen molar-refractivity contribution >= 4 is 22.6 Å². The summed E-state index contributed by atoms with van der Waals surface area (Å²) in [5.74, 6) is -0.104. The van der Waals surface area contributed by atoms with Crippen LogP contribution in [0, 0.1) is 6.92 Å². The molecule has 1 N–H and O–H groups in total. The van der Waals surface area contributed by atoms with Crippen LogP contribution in [-0.2, 0) is 16.1 Å². The van der Waals surface area contributed by atoms with Crippen LogP contribution in [0.15, 0.2) is 42.6 Å². The number of nitrogens with one attached hydrogen (secondary N) is 1. The van der Waals surface area contributed by atoms with Gasteiger partial charge in [0.15, 0.2) is 5.65 Å². The zero-order chi connectivity index (χ0) is 17.2. The quantitative estimate of drug-likeness (QED) is 0.795. The summed E-state index contributed by atoms with van der Waals surface area (Å²) >= 11 is 0. The van der Waals surface area contributed by atoms with Crippen molar-refractivity contribution in [2.75, 3.05) is 11.9 Å². The molecule has 0 bridgehead atoms. The summed E-state index contributed by atoms with van der Waals surface area (Å²) in [7, 11) is 0. The maximum atomic E-state index is 12.2. The molecule has 1 amide bonds. The average Bonchev–Trinajstić information content (AvgIpc) is 3.25. The van der Waals surface area contributed by atoms with Gasteiger partial charge in [0.1, 0.15) is 6.10 Å². The van der Waals surface area contributed by atoms with E-state index in [4.69, 9.17) is 4.74 Å². The van der Waals surface area contributed by atoms with Gasteiger partial charge in [0, 0.05) is 12.0 Å². The fourth-order valence-corrected chi connectivity index (χ4v) is 3.15. The summed E-state index contributed by atoms with van der Waals surface area (Å²) in [6.45, 7) is 3.28. The first-order valence-corrected chi connectivity index (χ1v) is 8.50. The lowest BCUT2D eigenvalue weighted by Gasteiger charge is -2.10. The Morgan fingerprint density at radius 1 is 1.36 bits per heavy atom. The fourth-order valence-electron chi connectivity index (χ4n) is 3.15. The predicted molar refractivity (Wildman–Crippen MR) is 95.4 cm³/mol. The topological polar surface area (TPSA) is 69.0 Å². The highest BCUT2D eigenvalue weighted by atomic mass is 16.5. The first-order valence-electron chi connectivity index (χ1n) is 8.50. The molecule has 0 unspecified atom stereocenters. The van der Waals surface area contributed by atoms with Gasteiger partial charge < -0.3 is 10.1 Å². The number of nitrogens with zero attached hydrogens (tertiary/aromatic N) is 3. The number of aromatic nitrogens is 3. The molecular formula is C19H20N4O2. The van der Waals surface area contributed by atoms with Crippen LogP contribution in [0.5, 0.6) is 0 Å². The molecule has 1 aliphatic rings. The number of pyridine rings is 1. The number of amides is 1. The summed E-state index contributed by atoms with van der Waals surface area (Å²) in [5.41, 5.74) is 3.56. The maximum Gasteiger partial charge on any atom is 0.253 e. The zero-order valence-corrected chi connectivity index (χ0v) is 14.1. The molecule has 2 aromatic heterocycles. The van der Waals surface area contributed by atoms with Crippen LogP contribution in [0.25, 0.3) is 11.0 Å². The number of anilines is 1. The van der Waals surface area contributed by atoms with Crippen LogP contribution in [0.2, 0.25) is 0 Å². The van der Waals surface area contributed by atoms with Gasteiger partial charge in [-0.25, -0.2) is 9.67 Å². The van der Waals surface area contributed by atoms with Gasteiger partial charge in [-0.05, 0) is 31.4 Å². The Labute approximate surface area is 145 Å². The fraction of sp³-hybridized carbons (Fsp3) is 0.316. The molecule has 1 aromatic carbocycles. The minimum Gasteiger partial charge on any atom is -0.368 e. The van der Waals surface area contributed by atoms with Crippen molar-refractivity contribution in [3.8, 4) is 0 Å². The number of fused-ring (bicyclic) bond motifs is 1. The second-order valence-corrected chi connectivity index (χ2v) is 6.31. The molecule has 1 saturated heterocycles. The average molecular weight is 336 g/mol. The van der Waals surface area contributed by atoms with Crippen molar-refractivity contribution in [3.05, 3.63) is 53.9 Å². The largest absolute Gasteiger partial charge is 0.368 e. The second kappa shape index (κ2) is 6.64. The third-order valence-electron chi connectivity index (χ3n) is 4.44. The van der Waals surface area contributed by atoms with Gasteiger partial charge in [-0.3, -0.25) is 4.79 Å². The standard InChI is InChI=1S/C19H20N4O2/c1-13-16-10-15(21-19(24)17-8-5-9-25-17)11-20-18(16)23(22-13)12-14-6-3-2-4-7-14/h2-4,6-7,10-11,17H,5,8-9,12H2,1H3,(H,21,24)/t17-/m0/s1. The second-order valence-electron chi connectivity index (χ2n) is 6.31. The van der Waals surface area contributed by atoms with Crippen LogP contribution >= 0.6 is 0 Å². The Morgan fingerprint density at radius 3 is 2.96 bits per heavy atom. The lowest BCUT2D eigenvalue weighted by molar-refractivity contribution is -0.124. The van der Waals surface area contributed by atoms with Crippen molar-refractivity contribution in [2.24, 2.45) is 0 Å². The van der Waals surface area contributed by atoms with Crippen LogP contribution in [-0.4, -0.2) is 33.4 Å². The lowest BCUT2D eigenvalue weighted by atomic mass is 10.2. The molecule has 1 aliphatic heterocycles. The summed E-state index contributed by atoms with van der Waals surface area (Å²) in [4.78, 5) is 16.7. The predicted octanol–water partition coefficient (Wildman–Crippen LogP) is 2.91. The van der Waals surface area contributed by atoms with Gasteiger partial charge >= 0.3 is 0 Å². The normalized spacial score (nSPS) is 17.1. The molecule has 0 saturated carbocycles. The van der Waals surface area contributed by atoms with E-state index in [0.717, 1.165) is 29.6 Å². The molecule has 1 atom stereocenters. The lowest BCUT2D eigenvalue weighted by Crippen LogP contribution is -2.26. The molecule has 6 heteroatoms. The Kier molecular flexibility index (Phi) is 4.19. The molecule has 3 aromatic rings. The van der Waals surface area contributed by atoms with Gasteiger partial charge in [-0.1, -0.05) is 30.3 Å². The molecule has 6 nitrogen and oxygen atoms in total. The van der Waals surface area contributed by atoms with Crippen molar-refractivity contribution in [2.45, 2.75) is 32.4 Å². The number of aryl methyl sites for hydroxylation is 1. The van der Waals surface area contributed by atoms with E-state index in [-0.39, 0.29) is 12.0 Å². The Balaban J connectivity index is 1.58. The Hall–Kier alpha value is -2.73. The van der Waals surface area contributed by atoms with Crippen molar-refractivity contribution in [3.63, 3.8) is 0 Å². The molecule has 4 rings (SSSR count). The Morgan fingerprint density at radius 2 is 2.20 bits per heavy atom. The number of ether oxygens (including phenoxy) is 1. The van der Waals surface area contributed by atoms with Gasteiger partial charge in [-0.2, -0.15) is 5.10 Å². The van der Waals surface area contributed by atoms with Crippen LogP contribution < -0.4 is 5.32 Å². The number of carbonyl (C=O) groups is 1. The van der Waals surface area contributed by atoms with E-state index in [1.165, 1.54) is 5.56 Å². The van der Waals surface area contributed by atoms with Gasteiger partial charge in [0.05, 0.1) is 24.1 Å². The Bertz CT molecular complexity index is 898. The van der Waals surface area contributed by atoms with E-state index in [1.807, 2.05) is 35.9 Å². The number of rotatable bonds is 4. The van der Waals surface area contributed by atoms with Gasteiger partial charge in [-0.15, -0.1) is 0 Å². The first kappa shape index (κ1) is 15.8. The van der Waals surface area contributed by atoms with Crippen LogP contribution in [0.4, 0.5) is 5.69 Å². The molecule has 128 valence electrons. The number of carbonyl (C=O) groups excluding carboxylic acids is 1. The van der Waals surface area contributed by atoms with E-state index in [0.29, 0.717) is 18.8 Å². The molecule has 1 fully saturated rings. The third kappa shape index (κ3) is 3.25. The van der Waals surface area contributed by atoms with E-state index in [2.05, 4.69) is 27.5 Å². The third-order valence-corrected chi connectivity index (χ3v) is 4.44. The molecule has 0 spiro atoms. The van der Waals surface area contributed by atoms with E-state index >= 15 is 0 Å². The molecular weight excluding hydrogens is 316 g/mol. The summed E-state index contributed by atoms with van der Waals surface area (Å²) in [5, 5.41) is 8.44. The highest BCUT2D eigenvalue weighted by Gasteiger charge is 2.23. The van der Waals surface area contributed by atoms with Crippen molar-refractivity contribution in [1.82, 2.24) is 14.8 Å². The maximum absolute atomic E-state index is 12.2. The van der Waals surface area contributed by atoms with Crippen LogP contribution in [0.1, 0.15) is 24.1 Å². The molecule has 3 heterocycles. The number of hydrogen-bond donors (Lipinski definition) is 1. The molecule has 0 aliphatic carbocycles. The monoisotopic (exact) mass is 336 g/mol. The van der Waals surface area contributed by atoms with Crippen molar-refractivity contribution in [1.29, 1.82) is 0 Å². The minimum atomic E-state index is -0.349. The smallest absolute Gasteiger partial charge is 0.253 e. The summed E-state index contributed by atoms with van der Waals surface area (Å²) in [6, 6.07) is 12.1. The number of benzene rings is 1. The molecule has 25 heavy (non-hydrogen) atoms. The minimum absolute atomic E-state index is 0.104. The van der Waals surface area contributed by atoms with E-state index in [9.17, 15) is 4.79 Å². The summed E-state index contributed by atoms with van der Waals surface area (Å²) in [6.07, 6.45) is 3.03. The highest BCUT2D eigenvalue weighted by molar-refractivity contribution is 5.96. The van der Waals surface area contributed by atoms with E-state index in [1.54, 1.807) is 6.20 Å². The van der Waals surface area contributed by atoms with Crippen molar-refractivity contribution < 1.29 is 9.53 Å². The van der Waals surface area contributed by atoms with Gasteiger partial charge in [0.2, 0.25) is 0 Å². The summed E-state index contributed by atoms with van der Waals surface area (Å²) < 4.78 is 7.31.